The number of hydrogen-bond donors (Lipinski definition) is 0. The maximum Gasteiger partial charge on any atom is 0.163 e. The molecule has 0 aliphatic carbocycles. The minimum absolute atomic E-state index is 0.604. The van der Waals surface area contributed by atoms with Crippen LogP contribution in [0.5, 0.6) is 0 Å². The summed E-state index contributed by atoms with van der Waals surface area (Å²) in [6.07, 6.45) is 5.11. The standard InChI is InChI=1S/C9H12N4/c1-7(2)4-13-6-12-8-3-10-5-11-9(8)13/h3,5-7H,4H2,1-2H3. The van der Waals surface area contributed by atoms with Gasteiger partial charge in [-0.1, -0.05) is 13.8 Å². The van der Waals surface area contributed by atoms with E-state index in [0.717, 1.165) is 17.7 Å². The predicted molar refractivity (Wildman–Crippen MR) is 50.2 cm³/mol. The van der Waals surface area contributed by atoms with Crippen molar-refractivity contribution in [2.45, 2.75) is 20.4 Å². The summed E-state index contributed by atoms with van der Waals surface area (Å²) in [6, 6.07) is 0. The summed E-state index contributed by atoms with van der Waals surface area (Å²) in [5.74, 6) is 0.604. The third-order valence-corrected chi connectivity index (χ3v) is 1.84. The lowest BCUT2D eigenvalue weighted by Crippen LogP contribution is -2.03. The van der Waals surface area contributed by atoms with E-state index in [1.165, 1.54) is 0 Å². The lowest BCUT2D eigenvalue weighted by atomic mass is 10.2. The molecule has 0 N–H and O–H groups in total. The Hall–Kier alpha value is -1.45. The van der Waals surface area contributed by atoms with Crippen molar-refractivity contribution in [1.82, 2.24) is 19.5 Å². The Morgan fingerprint density at radius 3 is 3.00 bits per heavy atom. The zero-order chi connectivity index (χ0) is 9.26. The molecule has 2 rings (SSSR count). The Kier molecular flexibility index (Phi) is 1.96. The molecule has 0 atom stereocenters. The van der Waals surface area contributed by atoms with E-state index in [9.17, 15) is 0 Å². The molecule has 4 heteroatoms. The number of imidazole rings is 1. The van der Waals surface area contributed by atoms with Crippen LogP contribution in [0.4, 0.5) is 0 Å². The minimum Gasteiger partial charge on any atom is -0.315 e. The zero-order valence-corrected chi connectivity index (χ0v) is 7.81. The van der Waals surface area contributed by atoms with Gasteiger partial charge >= 0.3 is 0 Å². The number of fused-ring (bicyclic) bond motifs is 1. The Morgan fingerprint density at radius 1 is 1.38 bits per heavy atom. The predicted octanol–water partition coefficient (Wildman–Crippen LogP) is 1.48. The molecule has 0 spiro atoms. The molecule has 2 heterocycles. The molecule has 68 valence electrons. The van der Waals surface area contributed by atoms with Gasteiger partial charge in [-0.2, -0.15) is 0 Å². The van der Waals surface area contributed by atoms with Gasteiger partial charge in [0, 0.05) is 6.54 Å². The van der Waals surface area contributed by atoms with Crippen LogP contribution in [0, 0.1) is 5.92 Å². The minimum atomic E-state index is 0.604. The van der Waals surface area contributed by atoms with Gasteiger partial charge in [0.15, 0.2) is 5.65 Å². The van der Waals surface area contributed by atoms with Gasteiger partial charge in [-0.05, 0) is 5.92 Å². The van der Waals surface area contributed by atoms with Crippen molar-refractivity contribution < 1.29 is 0 Å². The van der Waals surface area contributed by atoms with Crippen molar-refractivity contribution in [2.75, 3.05) is 0 Å². The maximum atomic E-state index is 4.21. The van der Waals surface area contributed by atoms with Crippen LogP contribution < -0.4 is 0 Å². The topological polar surface area (TPSA) is 43.6 Å². The number of rotatable bonds is 2. The molecule has 2 aromatic rings. The molecule has 0 radical (unpaired) electrons. The smallest absolute Gasteiger partial charge is 0.163 e. The summed E-state index contributed by atoms with van der Waals surface area (Å²) in [5, 5.41) is 0. The van der Waals surface area contributed by atoms with Gasteiger partial charge in [-0.15, -0.1) is 0 Å². The summed E-state index contributed by atoms with van der Waals surface area (Å²) in [7, 11) is 0. The first-order chi connectivity index (χ1) is 6.27. The molecule has 0 aliphatic heterocycles. The van der Waals surface area contributed by atoms with Gasteiger partial charge in [-0.3, -0.25) is 0 Å². The van der Waals surface area contributed by atoms with E-state index in [2.05, 4.69) is 33.4 Å². The van der Waals surface area contributed by atoms with Crippen LogP contribution >= 0.6 is 0 Å². The van der Waals surface area contributed by atoms with E-state index in [-0.39, 0.29) is 0 Å². The molecule has 0 unspecified atom stereocenters. The van der Waals surface area contributed by atoms with Crippen molar-refractivity contribution in [1.29, 1.82) is 0 Å². The van der Waals surface area contributed by atoms with Crippen molar-refractivity contribution in [3.05, 3.63) is 18.9 Å². The summed E-state index contributed by atoms with van der Waals surface area (Å²) in [5.41, 5.74) is 1.78. The highest BCUT2D eigenvalue weighted by Crippen LogP contribution is 2.09. The van der Waals surface area contributed by atoms with Crippen molar-refractivity contribution in [3.63, 3.8) is 0 Å². The number of nitrogens with zero attached hydrogens (tertiary/aromatic N) is 4. The van der Waals surface area contributed by atoms with E-state index in [4.69, 9.17) is 0 Å². The van der Waals surface area contributed by atoms with Crippen LogP contribution in [-0.4, -0.2) is 19.5 Å². The zero-order valence-electron chi connectivity index (χ0n) is 7.81. The van der Waals surface area contributed by atoms with Crippen LogP contribution in [0.2, 0.25) is 0 Å². The molecular weight excluding hydrogens is 164 g/mol. The quantitative estimate of drug-likeness (QED) is 0.696. The normalized spacial score (nSPS) is 11.3. The summed E-state index contributed by atoms with van der Waals surface area (Å²) in [4.78, 5) is 12.3. The fourth-order valence-electron chi connectivity index (χ4n) is 1.34. The van der Waals surface area contributed by atoms with E-state index in [1.54, 1.807) is 12.5 Å². The van der Waals surface area contributed by atoms with Crippen LogP contribution in [0.1, 0.15) is 13.8 Å². The average molecular weight is 176 g/mol. The first-order valence-electron chi connectivity index (χ1n) is 4.38. The van der Waals surface area contributed by atoms with E-state index in [1.807, 2.05) is 6.33 Å². The van der Waals surface area contributed by atoms with Crippen LogP contribution in [-0.2, 0) is 6.54 Å². The molecule has 0 amide bonds. The third-order valence-electron chi connectivity index (χ3n) is 1.84. The number of hydrogen-bond acceptors (Lipinski definition) is 3. The molecule has 0 bridgehead atoms. The second kappa shape index (κ2) is 3.12. The monoisotopic (exact) mass is 176 g/mol. The molecule has 0 saturated carbocycles. The molecule has 0 saturated heterocycles. The molecule has 4 nitrogen and oxygen atoms in total. The molecular formula is C9H12N4. The molecule has 2 aromatic heterocycles. The van der Waals surface area contributed by atoms with Gasteiger partial charge in [0.2, 0.25) is 0 Å². The molecule has 0 aromatic carbocycles. The van der Waals surface area contributed by atoms with E-state index < -0.39 is 0 Å². The highest BCUT2D eigenvalue weighted by Gasteiger charge is 2.03. The highest BCUT2D eigenvalue weighted by molar-refractivity contribution is 5.68. The first-order valence-corrected chi connectivity index (χ1v) is 4.38. The average Bonchev–Trinajstić information content (AvgIpc) is 2.48. The van der Waals surface area contributed by atoms with Gasteiger partial charge in [0.25, 0.3) is 0 Å². The highest BCUT2D eigenvalue weighted by atomic mass is 15.1. The number of aromatic nitrogens is 4. The SMILES string of the molecule is CC(C)Cn1cnc2cncnc21. The Morgan fingerprint density at radius 2 is 2.23 bits per heavy atom. The molecule has 13 heavy (non-hydrogen) atoms. The van der Waals surface area contributed by atoms with Crippen molar-refractivity contribution >= 4 is 11.2 Å². The second-order valence-electron chi connectivity index (χ2n) is 3.52. The van der Waals surface area contributed by atoms with Crippen molar-refractivity contribution in [3.8, 4) is 0 Å². The Labute approximate surface area is 76.7 Å². The van der Waals surface area contributed by atoms with Crippen molar-refractivity contribution in [2.24, 2.45) is 5.92 Å². The molecule has 0 fully saturated rings. The van der Waals surface area contributed by atoms with Crippen LogP contribution in [0.3, 0.4) is 0 Å². The third kappa shape index (κ3) is 1.52. The molecule has 0 aliphatic rings. The first kappa shape index (κ1) is 8.16. The Bertz CT molecular complexity index is 405. The maximum absolute atomic E-state index is 4.21. The Balaban J connectivity index is 2.46. The lowest BCUT2D eigenvalue weighted by Gasteiger charge is -2.05. The van der Waals surface area contributed by atoms with Gasteiger partial charge < -0.3 is 4.57 Å². The van der Waals surface area contributed by atoms with Gasteiger partial charge in [-0.25, -0.2) is 15.0 Å². The second-order valence-corrected chi connectivity index (χ2v) is 3.52. The van der Waals surface area contributed by atoms with Crippen LogP contribution in [0.15, 0.2) is 18.9 Å². The fraction of sp³-hybridized carbons (Fsp3) is 0.444. The summed E-state index contributed by atoms with van der Waals surface area (Å²) >= 11 is 0. The largest absolute Gasteiger partial charge is 0.315 e. The fourth-order valence-corrected chi connectivity index (χ4v) is 1.34. The van der Waals surface area contributed by atoms with Gasteiger partial charge in [0.05, 0.1) is 12.5 Å². The lowest BCUT2D eigenvalue weighted by molar-refractivity contribution is 0.530. The summed E-state index contributed by atoms with van der Waals surface area (Å²) in [6.45, 7) is 5.30. The summed E-state index contributed by atoms with van der Waals surface area (Å²) < 4.78 is 2.06. The van der Waals surface area contributed by atoms with Gasteiger partial charge in [0.1, 0.15) is 11.8 Å². The van der Waals surface area contributed by atoms with E-state index in [0.29, 0.717) is 5.92 Å². The van der Waals surface area contributed by atoms with E-state index >= 15 is 0 Å². The van der Waals surface area contributed by atoms with Crippen LogP contribution in [0.25, 0.3) is 11.2 Å².